The van der Waals surface area contributed by atoms with E-state index in [1.54, 1.807) is 0 Å². The van der Waals surface area contributed by atoms with Crippen LogP contribution in [0.3, 0.4) is 0 Å². The quantitative estimate of drug-likeness (QED) is 0.259. The number of benzene rings is 2. The number of fused-ring (bicyclic) bond motifs is 7. The summed E-state index contributed by atoms with van der Waals surface area (Å²) >= 11 is 6.72. The molecule has 1 N–H and O–H groups in total. The average Bonchev–Trinajstić information content (AvgIpc) is 3.68. The first-order valence-electron chi connectivity index (χ1n) is 16.2. The number of anilines is 1. The minimum Gasteiger partial charge on any atom is -0.472 e. The molecular formula is C35H36ClFN6O2. The SMILES string of the molecule is C=C1CN2CCCC2(COc2nc3c4c(nc(-c5cccc6cccc(Cl)c56)c(F)c4n2)O[C@@H](CC)[C@@H]2[C@@H]4CC[C@H](CN32)N4)C1. The lowest BCUT2D eigenvalue weighted by atomic mass is 9.94. The van der Waals surface area contributed by atoms with Gasteiger partial charge in [-0.25, -0.2) is 9.37 Å². The molecule has 232 valence electrons. The van der Waals surface area contributed by atoms with Gasteiger partial charge in [0.2, 0.25) is 5.88 Å². The minimum absolute atomic E-state index is 0.0227. The van der Waals surface area contributed by atoms with Crippen molar-refractivity contribution in [3.8, 4) is 23.1 Å². The monoisotopic (exact) mass is 626 g/mol. The van der Waals surface area contributed by atoms with Crippen LogP contribution in [0.4, 0.5) is 10.2 Å². The Morgan fingerprint density at radius 2 is 2.02 bits per heavy atom. The third kappa shape index (κ3) is 4.20. The molecule has 0 aliphatic carbocycles. The maximum atomic E-state index is 17.1. The number of piperazine rings is 1. The van der Waals surface area contributed by atoms with Crippen molar-refractivity contribution in [2.75, 3.05) is 31.1 Å². The Morgan fingerprint density at radius 1 is 1.16 bits per heavy atom. The predicted octanol–water partition coefficient (Wildman–Crippen LogP) is 6.29. The van der Waals surface area contributed by atoms with Gasteiger partial charge < -0.3 is 19.7 Å². The number of halogens is 2. The van der Waals surface area contributed by atoms with Crippen LogP contribution in [0.5, 0.6) is 11.9 Å². The molecule has 5 aliphatic rings. The fraction of sp³-hybridized carbons (Fsp3) is 0.457. The second-order valence-electron chi connectivity index (χ2n) is 13.5. The molecule has 4 aromatic rings. The summed E-state index contributed by atoms with van der Waals surface area (Å²) in [6.45, 7) is 9.53. The largest absolute Gasteiger partial charge is 0.472 e. The van der Waals surface area contributed by atoms with E-state index in [0.717, 1.165) is 68.9 Å². The lowest BCUT2D eigenvalue weighted by molar-refractivity contribution is 0.108. The molecule has 5 aliphatic heterocycles. The second kappa shape index (κ2) is 10.2. The zero-order valence-electron chi connectivity index (χ0n) is 25.4. The molecule has 0 spiro atoms. The van der Waals surface area contributed by atoms with Crippen molar-refractivity contribution < 1.29 is 13.9 Å². The van der Waals surface area contributed by atoms with Gasteiger partial charge in [0.05, 0.1) is 11.6 Å². The van der Waals surface area contributed by atoms with E-state index >= 15 is 4.39 Å². The van der Waals surface area contributed by atoms with Gasteiger partial charge in [-0.1, -0.05) is 61.0 Å². The Morgan fingerprint density at radius 3 is 2.89 bits per heavy atom. The van der Waals surface area contributed by atoms with E-state index in [1.807, 2.05) is 36.4 Å². The van der Waals surface area contributed by atoms with Crippen LogP contribution in [0.1, 0.15) is 45.4 Å². The van der Waals surface area contributed by atoms with Crippen LogP contribution < -0.4 is 19.7 Å². The molecule has 4 saturated heterocycles. The van der Waals surface area contributed by atoms with Gasteiger partial charge in [-0.2, -0.15) is 9.97 Å². The molecule has 9 rings (SSSR count). The fourth-order valence-electron chi connectivity index (χ4n) is 8.84. The van der Waals surface area contributed by atoms with Crippen molar-refractivity contribution in [1.29, 1.82) is 0 Å². The molecule has 0 amide bonds. The Balaban J connectivity index is 1.25. The smallest absolute Gasteiger partial charge is 0.319 e. The van der Waals surface area contributed by atoms with Crippen LogP contribution in [0.25, 0.3) is 32.9 Å². The summed E-state index contributed by atoms with van der Waals surface area (Å²) < 4.78 is 30.3. The van der Waals surface area contributed by atoms with E-state index in [2.05, 4.69) is 28.6 Å². The number of hydrogen-bond donors (Lipinski definition) is 1. The molecule has 5 atom stereocenters. The summed E-state index contributed by atoms with van der Waals surface area (Å²) in [6, 6.07) is 12.2. The van der Waals surface area contributed by atoms with Crippen LogP contribution in [0.15, 0.2) is 48.6 Å². The molecule has 4 fully saturated rings. The van der Waals surface area contributed by atoms with Crippen LogP contribution in [0.2, 0.25) is 5.02 Å². The highest BCUT2D eigenvalue weighted by molar-refractivity contribution is 6.36. The topological polar surface area (TPSA) is 75.6 Å². The number of pyridine rings is 1. The summed E-state index contributed by atoms with van der Waals surface area (Å²) in [6.07, 6.45) is 5.82. The van der Waals surface area contributed by atoms with Gasteiger partial charge in [-0.15, -0.1) is 0 Å². The summed E-state index contributed by atoms with van der Waals surface area (Å²) in [5.74, 6) is 0.476. The zero-order valence-corrected chi connectivity index (χ0v) is 26.1. The highest BCUT2D eigenvalue weighted by atomic mass is 35.5. The van der Waals surface area contributed by atoms with Gasteiger partial charge in [0.1, 0.15) is 35.1 Å². The van der Waals surface area contributed by atoms with Gasteiger partial charge >= 0.3 is 6.01 Å². The third-order valence-electron chi connectivity index (χ3n) is 10.8. The Kier molecular flexibility index (Phi) is 6.31. The molecular weight excluding hydrogens is 591 g/mol. The van der Waals surface area contributed by atoms with Crippen molar-refractivity contribution in [2.45, 2.75) is 75.2 Å². The van der Waals surface area contributed by atoms with Gasteiger partial charge in [-0.3, -0.25) is 4.90 Å². The summed E-state index contributed by atoms with van der Waals surface area (Å²) in [5, 5.41) is 6.49. The lowest BCUT2D eigenvalue weighted by Gasteiger charge is -2.43. The van der Waals surface area contributed by atoms with Crippen LogP contribution in [-0.2, 0) is 0 Å². The number of ether oxygens (including phenoxy) is 2. The maximum absolute atomic E-state index is 17.1. The highest BCUT2D eigenvalue weighted by Gasteiger charge is 2.49. The standard InChI is InChI=1S/C35H36ClFN6O2/c1-3-25-31-24-12-11-21(38-24)17-43(31)32-27-30(40-34(41-32)44-18-35-13-6-14-42(35)16-19(2)15-35)28(37)29(39-33(27)45-25)22-9-4-7-20-8-5-10-23(36)26(20)22/h4-5,7-10,21,24-25,31,38H,2-3,6,11-18H2,1H3/t21-,24+,25+,31+,35?/m1/s1. The fourth-order valence-corrected chi connectivity index (χ4v) is 9.13. The molecule has 0 saturated carbocycles. The van der Waals surface area contributed by atoms with Crippen molar-refractivity contribution in [3.63, 3.8) is 0 Å². The first-order valence-corrected chi connectivity index (χ1v) is 16.6. The number of aromatic nitrogens is 3. The van der Waals surface area contributed by atoms with E-state index in [9.17, 15) is 0 Å². The van der Waals surface area contributed by atoms with Gasteiger partial charge in [0.25, 0.3) is 0 Å². The molecule has 0 radical (unpaired) electrons. The van der Waals surface area contributed by atoms with E-state index in [1.165, 1.54) is 5.57 Å². The maximum Gasteiger partial charge on any atom is 0.319 e. The van der Waals surface area contributed by atoms with E-state index in [-0.39, 0.29) is 40.9 Å². The molecule has 2 bridgehead atoms. The first-order chi connectivity index (χ1) is 21.9. The molecule has 45 heavy (non-hydrogen) atoms. The highest BCUT2D eigenvalue weighted by Crippen LogP contribution is 2.46. The normalized spacial score (nSPS) is 28.8. The summed E-state index contributed by atoms with van der Waals surface area (Å²) in [5.41, 5.74) is 2.04. The van der Waals surface area contributed by atoms with E-state index < -0.39 is 5.82 Å². The number of rotatable bonds is 5. The van der Waals surface area contributed by atoms with Crippen molar-refractivity contribution in [2.24, 2.45) is 0 Å². The van der Waals surface area contributed by atoms with Crippen molar-refractivity contribution in [3.05, 3.63) is 59.4 Å². The molecule has 2 aromatic heterocycles. The summed E-state index contributed by atoms with van der Waals surface area (Å²) in [4.78, 5) is 19.6. The van der Waals surface area contributed by atoms with Crippen LogP contribution >= 0.6 is 11.6 Å². The Bertz CT molecular complexity index is 1880. The number of hydrogen-bond acceptors (Lipinski definition) is 8. The molecule has 2 aromatic carbocycles. The molecule has 1 unspecified atom stereocenters. The number of nitrogens with one attached hydrogen (secondary N) is 1. The Labute approximate surface area is 266 Å². The van der Waals surface area contributed by atoms with Crippen LogP contribution in [0, 0.1) is 5.82 Å². The average molecular weight is 627 g/mol. The zero-order chi connectivity index (χ0) is 30.4. The lowest BCUT2D eigenvalue weighted by Crippen LogP contribution is -2.63. The van der Waals surface area contributed by atoms with Gasteiger partial charge in [0.15, 0.2) is 5.82 Å². The van der Waals surface area contributed by atoms with E-state index in [4.69, 9.17) is 36.0 Å². The third-order valence-corrected chi connectivity index (χ3v) is 11.1. The van der Waals surface area contributed by atoms with E-state index in [0.29, 0.717) is 40.3 Å². The second-order valence-corrected chi connectivity index (χ2v) is 13.9. The minimum atomic E-state index is -0.530. The molecule has 7 heterocycles. The van der Waals surface area contributed by atoms with Gasteiger partial charge in [-0.05, 0) is 56.5 Å². The molecule has 10 heteroatoms. The van der Waals surface area contributed by atoms with Crippen LogP contribution in [-0.4, -0.2) is 75.9 Å². The summed E-state index contributed by atoms with van der Waals surface area (Å²) in [7, 11) is 0. The van der Waals surface area contributed by atoms with Crippen molar-refractivity contribution in [1.82, 2.24) is 25.2 Å². The number of nitrogens with zero attached hydrogens (tertiary/aromatic N) is 5. The van der Waals surface area contributed by atoms with Crippen molar-refractivity contribution >= 4 is 39.1 Å². The Hall–Kier alpha value is -3.53. The first kappa shape index (κ1) is 27.8. The van der Waals surface area contributed by atoms with Gasteiger partial charge in [0, 0.05) is 41.1 Å². The molecule has 8 nitrogen and oxygen atoms in total. The predicted molar refractivity (Wildman–Crippen MR) is 174 cm³/mol.